The molecule has 4 N–H and O–H groups in total. The van der Waals surface area contributed by atoms with Gasteiger partial charge in [-0.3, -0.25) is 0 Å². The number of rotatable bonds is 10. The predicted molar refractivity (Wildman–Crippen MR) is 543 cm³/mol. The van der Waals surface area contributed by atoms with Gasteiger partial charge in [0.15, 0.2) is 11.6 Å². The predicted octanol–water partition coefficient (Wildman–Crippen LogP) is 31.4. The monoisotopic (exact) mass is 2080 g/mol. The minimum Gasteiger partial charge on any atom is -0.465 e. The fraction of sp³-hybridized carbons (Fsp3) is 0.0727. The van der Waals surface area contributed by atoms with E-state index in [1.54, 1.807) is 46.9 Å². The molecule has 0 saturated carbocycles. The molecule has 2 aliphatic rings. The van der Waals surface area contributed by atoms with Crippen molar-refractivity contribution < 1.29 is 60.0 Å². The van der Waals surface area contributed by atoms with Crippen LogP contribution in [-0.4, -0.2) is 39.2 Å². The van der Waals surface area contributed by atoms with Crippen molar-refractivity contribution in [1.29, 1.82) is 0 Å². The number of hydrogen-bond donors (Lipinski definition) is 3. The largest absolute Gasteiger partial charge is 0.465 e. The first-order valence-corrected chi connectivity index (χ1v) is 46.4. The number of methoxy groups -OCH3 is 1. The molecule has 6 aromatic heterocycles. The van der Waals surface area contributed by atoms with Crippen molar-refractivity contribution in [1.82, 2.24) is 19.9 Å². The zero-order valence-electron chi connectivity index (χ0n) is 71.4. The third kappa shape index (κ3) is 21.1. The average molecular weight is 2080 g/mol. The van der Waals surface area contributed by atoms with E-state index >= 15 is 0 Å². The summed E-state index contributed by atoms with van der Waals surface area (Å²) in [6.07, 6.45) is 0.250. The molecule has 0 bridgehead atoms. The van der Waals surface area contributed by atoms with Gasteiger partial charge in [-0.2, -0.15) is 9.59 Å². The van der Waals surface area contributed by atoms with Crippen LogP contribution in [0.1, 0.15) is 64.5 Å². The van der Waals surface area contributed by atoms with Gasteiger partial charge in [-0.05, 0) is 131 Å². The SMILES string of the molecule is Brc1cccc(-c2nc(-c3ccccc3)cc(-c3ccccc3)n2)c1.Brc1csc2ccccc12.CC1(C)c2ccccc2N(c2cccc(-c3nc(-c4ccccc4)cc(-c4ccccc4)n3)c2)c2c1sc1ccccc21.CC1(C)c2ccccc2Nc2c1sc1ccccc21.COC(=O)c1ccccc1N.Cc1ccccc1Nc1csc2ccccc12.O=C=O.[Pd].[Pd]. The van der Waals surface area contributed by atoms with Crippen LogP contribution in [0, 0.1) is 6.92 Å². The number of nitrogens with zero attached hydrogens (tertiary/aromatic N) is 5. The third-order valence-corrected chi connectivity index (χ3v) is 28.4. The topological polar surface area (TPSA) is 165 Å². The first-order valence-electron chi connectivity index (χ1n) is 41.4. The Morgan fingerprint density at radius 3 is 1.40 bits per heavy atom. The first-order chi connectivity index (χ1) is 62.4. The van der Waals surface area contributed by atoms with Gasteiger partial charge in [-0.15, -0.1) is 45.3 Å². The molecule has 0 fully saturated rings. The maximum atomic E-state index is 10.9. The number of ether oxygens (including phenoxy) is 1. The Morgan fingerprint density at radius 1 is 0.423 bits per heavy atom. The van der Waals surface area contributed by atoms with Gasteiger partial charge in [0.1, 0.15) is 0 Å². The summed E-state index contributed by atoms with van der Waals surface area (Å²) < 4.78 is 12.0. The van der Waals surface area contributed by atoms with E-state index in [1.165, 1.54) is 112 Å². The normalized spacial score (nSPS) is 11.8. The molecule has 648 valence electrons. The summed E-state index contributed by atoms with van der Waals surface area (Å²) in [5.74, 6) is 1.03. The van der Waals surface area contributed by atoms with Crippen LogP contribution in [0.4, 0.5) is 45.5 Å². The molecule has 0 atom stereocenters. The number of aromatic nitrogens is 4. The second kappa shape index (κ2) is 43.2. The smallest absolute Gasteiger partial charge is 0.373 e. The number of benzene rings is 14. The van der Waals surface area contributed by atoms with Crippen LogP contribution in [-0.2, 0) is 66.0 Å². The van der Waals surface area contributed by atoms with Crippen molar-refractivity contribution >= 4 is 175 Å². The molecule has 12 nitrogen and oxygen atoms in total. The van der Waals surface area contributed by atoms with Crippen LogP contribution >= 0.6 is 77.2 Å². The summed E-state index contributed by atoms with van der Waals surface area (Å²) in [7, 11) is 1.33. The number of fused-ring (bicyclic) bond motifs is 10. The van der Waals surface area contributed by atoms with Crippen LogP contribution in [0.15, 0.2) is 396 Å². The third-order valence-electron chi connectivity index (χ3n) is 22.1. The zero-order chi connectivity index (χ0) is 88.7. The Bertz CT molecular complexity index is 7240. The molecule has 20 heteroatoms. The molecule has 0 aliphatic carbocycles. The van der Waals surface area contributed by atoms with E-state index in [-0.39, 0.29) is 57.8 Å². The summed E-state index contributed by atoms with van der Waals surface area (Å²) in [6.45, 7) is 11.5. The van der Waals surface area contributed by atoms with Crippen LogP contribution in [0.25, 0.3) is 108 Å². The molecule has 130 heavy (non-hydrogen) atoms. The van der Waals surface area contributed by atoms with Crippen molar-refractivity contribution in [3.63, 3.8) is 0 Å². The number of hydrogen-bond acceptors (Lipinski definition) is 16. The van der Waals surface area contributed by atoms with Gasteiger partial charge in [-0.25, -0.2) is 24.7 Å². The molecule has 0 unspecified atom stereocenters. The Morgan fingerprint density at radius 2 is 0.846 bits per heavy atom. The number of carbonyl (C=O) groups excluding carboxylic acids is 3. The molecular weight excluding hydrogens is 2000 g/mol. The summed E-state index contributed by atoms with van der Waals surface area (Å²) in [6, 6.07) is 129. The first kappa shape index (κ1) is 93.6. The van der Waals surface area contributed by atoms with E-state index in [0.29, 0.717) is 17.1 Å². The number of thiophene rings is 4. The number of carbonyl (C=O) groups is 1. The average Bonchev–Trinajstić information content (AvgIpc) is 1.52. The number of nitrogen functional groups attached to an aromatic ring is 1. The Balaban J connectivity index is 0.000000134. The minimum absolute atomic E-state index is 0. The van der Waals surface area contributed by atoms with E-state index in [9.17, 15) is 4.79 Å². The Labute approximate surface area is 816 Å². The second-order valence-corrected chi connectivity index (χ2v) is 36.8. The van der Waals surface area contributed by atoms with Crippen molar-refractivity contribution in [2.24, 2.45) is 0 Å². The summed E-state index contributed by atoms with van der Waals surface area (Å²) >= 11 is 14.4. The molecule has 0 saturated heterocycles. The van der Waals surface area contributed by atoms with Gasteiger partial charge < -0.3 is 26.0 Å². The quantitative estimate of drug-likeness (QED) is 0.0675. The zero-order valence-corrected chi connectivity index (χ0v) is 81.0. The number of aryl methyl sites for hydroxylation is 1. The van der Waals surface area contributed by atoms with Crippen LogP contribution in [0.5, 0.6) is 0 Å². The maximum Gasteiger partial charge on any atom is 0.373 e. The van der Waals surface area contributed by atoms with Gasteiger partial charge in [0.2, 0.25) is 0 Å². The number of halogens is 2. The molecule has 2 aliphatic heterocycles. The van der Waals surface area contributed by atoms with E-state index in [0.717, 1.165) is 72.1 Å². The molecule has 22 rings (SSSR count). The molecule has 14 aromatic carbocycles. The van der Waals surface area contributed by atoms with Crippen molar-refractivity contribution in [3.05, 3.63) is 428 Å². The van der Waals surface area contributed by atoms with Crippen molar-refractivity contribution in [2.45, 2.75) is 45.4 Å². The Kier molecular flexibility index (Phi) is 31.1. The molecule has 8 heterocycles. The number of nitrogens with one attached hydrogen (secondary N) is 2. The summed E-state index contributed by atoms with van der Waals surface area (Å²) in [5, 5.41) is 16.7. The fourth-order valence-corrected chi connectivity index (χ4v) is 21.1. The number of nitrogens with two attached hydrogens (primary N) is 1. The van der Waals surface area contributed by atoms with Crippen LogP contribution in [0.2, 0.25) is 0 Å². The van der Waals surface area contributed by atoms with Crippen molar-refractivity contribution in [2.75, 3.05) is 28.4 Å². The summed E-state index contributed by atoms with van der Waals surface area (Å²) in [5.41, 5.74) is 28.7. The molecule has 0 spiro atoms. The van der Waals surface area contributed by atoms with Gasteiger partial charge in [0.25, 0.3) is 0 Å². The number of esters is 1. The fourth-order valence-electron chi connectivity index (χ4n) is 15.7. The van der Waals surface area contributed by atoms with E-state index in [1.807, 2.05) is 102 Å². The number of anilines is 8. The van der Waals surface area contributed by atoms with Crippen LogP contribution < -0.4 is 21.3 Å². The van der Waals surface area contributed by atoms with Gasteiger partial charge in [0, 0.05) is 178 Å². The van der Waals surface area contributed by atoms with Gasteiger partial charge in [0.05, 0.1) is 58.2 Å². The second-order valence-electron chi connectivity index (χ2n) is 31.1. The number of para-hydroxylation sites is 4. The maximum absolute atomic E-state index is 10.9. The van der Waals surface area contributed by atoms with E-state index in [2.05, 4.69) is 370 Å². The van der Waals surface area contributed by atoms with Crippen LogP contribution in [0.3, 0.4) is 0 Å². The molecule has 0 radical (unpaired) electrons. The standard InChI is InChI=1S/C39H29N3S.C22H15BrN2.C17H15NS.C15H13NS.C8H5BrS.C8H9NO2.CO2.2Pd/c1-39(2)31-21-10-11-22-34(31)42(36-30-20-9-12-23-35(30)43-37(36)39)29-19-13-18-28(24-29)38-40-32(26-14-5-3-6-15-26)25-33(41-38)27-16-7-4-8-17-27;23-19-13-7-12-18(14-19)22-24-20(16-8-3-1-4-9-16)15-21(25-22)17-10-5-2-6-11-17;1-17(2)12-8-4-5-9-13(12)18-15-11-7-3-6-10-14(11)19-16(15)17;1-11-6-2-4-8-13(11)16-14-10-17-15-9-5-3-7-12(14)15;9-7-5-10-8-4-2-1-3-6(7)8;1-11-8(10)6-4-2-3-5-7(6)9;2-1-3;;/h3-25H,1-2H3;1-15H;3-10,18H,1-2H3;2-10,16H,1H3;1-5H;2-5H,9H2,1H3;;;. The van der Waals surface area contributed by atoms with Crippen molar-refractivity contribution in [3.8, 4) is 67.8 Å². The molecule has 0 amide bonds. The van der Waals surface area contributed by atoms with Gasteiger partial charge in [-0.1, -0.05) is 329 Å². The minimum atomic E-state index is -0.400. The van der Waals surface area contributed by atoms with E-state index in [4.69, 9.17) is 35.3 Å². The molecular formula is C110H86Br2N8O4Pd2S4. The molecule has 20 aromatic rings. The summed E-state index contributed by atoms with van der Waals surface area (Å²) in [4.78, 5) is 52.3. The Hall–Kier alpha value is -12.6. The van der Waals surface area contributed by atoms with E-state index < -0.39 is 5.97 Å². The van der Waals surface area contributed by atoms with Gasteiger partial charge >= 0.3 is 12.1 Å².